The van der Waals surface area contributed by atoms with Crippen LogP contribution in [0.25, 0.3) is 5.76 Å². The molecule has 1 aliphatic heterocycles. The van der Waals surface area contributed by atoms with Crippen molar-refractivity contribution in [2.24, 2.45) is 0 Å². The Bertz CT molecular complexity index is 1190. The van der Waals surface area contributed by atoms with Crippen molar-refractivity contribution in [2.75, 3.05) is 6.61 Å². The third kappa shape index (κ3) is 4.65. The van der Waals surface area contributed by atoms with Crippen molar-refractivity contribution in [1.82, 2.24) is 9.88 Å². The lowest BCUT2D eigenvalue weighted by molar-refractivity contribution is -0.140. The van der Waals surface area contributed by atoms with Gasteiger partial charge in [0.15, 0.2) is 0 Å². The molecule has 3 aromatic rings. The average molecular weight is 443 g/mol. The number of rotatable bonds is 7. The molecule has 168 valence electrons. The summed E-state index contributed by atoms with van der Waals surface area (Å²) in [6.45, 7) is 4.75. The molecule has 1 saturated heterocycles. The number of pyridine rings is 1. The topological polar surface area (TPSA) is 79.7 Å². The summed E-state index contributed by atoms with van der Waals surface area (Å²) >= 11 is 0. The van der Waals surface area contributed by atoms with E-state index in [0.717, 1.165) is 23.1 Å². The van der Waals surface area contributed by atoms with Gasteiger partial charge < -0.3 is 14.7 Å². The summed E-state index contributed by atoms with van der Waals surface area (Å²) in [6, 6.07) is 17.5. The monoisotopic (exact) mass is 442 g/mol. The molecular formula is C27H26N2O4. The maximum atomic E-state index is 13.2. The summed E-state index contributed by atoms with van der Waals surface area (Å²) in [5.74, 6) is -0.957. The molecule has 1 unspecified atom stereocenters. The Kier molecular flexibility index (Phi) is 6.54. The quantitative estimate of drug-likeness (QED) is 0.323. The number of ketones is 1. The van der Waals surface area contributed by atoms with Crippen molar-refractivity contribution in [3.63, 3.8) is 0 Å². The SMILES string of the molecule is CCCOc1cccc(/C(O)=C2\C(=O)C(=O)N(Cc3ccncc3)C2c2ccc(C)cc2)c1. The molecule has 1 aliphatic rings. The molecule has 0 bridgehead atoms. The van der Waals surface area contributed by atoms with Gasteiger partial charge in [-0.1, -0.05) is 48.9 Å². The maximum absolute atomic E-state index is 13.2. The van der Waals surface area contributed by atoms with Gasteiger partial charge in [0.1, 0.15) is 11.5 Å². The molecule has 1 fully saturated rings. The molecule has 1 N–H and O–H groups in total. The van der Waals surface area contributed by atoms with E-state index < -0.39 is 17.7 Å². The number of Topliss-reactive ketones (excluding diaryl/α,β-unsaturated/α-hetero) is 1. The number of carbonyl (C=O) groups excluding carboxylic acids is 2. The largest absolute Gasteiger partial charge is 0.507 e. The average Bonchev–Trinajstić information content (AvgIpc) is 3.08. The predicted molar refractivity (Wildman–Crippen MR) is 125 cm³/mol. The Labute approximate surface area is 193 Å². The second-order valence-corrected chi connectivity index (χ2v) is 8.07. The first-order valence-corrected chi connectivity index (χ1v) is 11.0. The number of likely N-dealkylation sites (tertiary alicyclic amines) is 1. The first kappa shape index (κ1) is 22.3. The molecule has 0 radical (unpaired) electrons. The van der Waals surface area contributed by atoms with Crippen LogP contribution in [0.2, 0.25) is 0 Å². The van der Waals surface area contributed by atoms with Gasteiger partial charge in [-0.05, 0) is 48.7 Å². The van der Waals surface area contributed by atoms with Crippen LogP contribution >= 0.6 is 0 Å². The number of aliphatic hydroxyl groups is 1. The number of hydrogen-bond donors (Lipinski definition) is 1. The summed E-state index contributed by atoms with van der Waals surface area (Å²) in [5.41, 5.74) is 3.17. The molecule has 1 amide bonds. The van der Waals surface area contributed by atoms with Crippen molar-refractivity contribution in [1.29, 1.82) is 0 Å². The second kappa shape index (κ2) is 9.69. The van der Waals surface area contributed by atoms with Crippen LogP contribution in [0.4, 0.5) is 0 Å². The summed E-state index contributed by atoms with van der Waals surface area (Å²) in [4.78, 5) is 31.8. The number of amides is 1. The fourth-order valence-electron chi connectivity index (χ4n) is 3.93. The lowest BCUT2D eigenvalue weighted by Crippen LogP contribution is -2.29. The maximum Gasteiger partial charge on any atom is 0.295 e. The fourth-order valence-corrected chi connectivity index (χ4v) is 3.93. The third-order valence-electron chi connectivity index (χ3n) is 5.62. The first-order chi connectivity index (χ1) is 16.0. The van der Waals surface area contributed by atoms with Gasteiger partial charge in [0.05, 0.1) is 18.2 Å². The Hall–Kier alpha value is -3.93. The standard InChI is InChI=1S/C27H26N2O4/c1-3-15-33-22-6-4-5-21(16-22)25(30)23-24(20-9-7-18(2)8-10-20)29(27(32)26(23)31)17-19-11-13-28-14-12-19/h4-14,16,24,30H,3,15,17H2,1-2H3/b25-23+. The number of nitrogens with zero attached hydrogens (tertiary/aromatic N) is 2. The Morgan fingerprint density at radius 1 is 1.06 bits per heavy atom. The van der Waals surface area contributed by atoms with Gasteiger partial charge in [0.25, 0.3) is 11.7 Å². The van der Waals surface area contributed by atoms with E-state index in [0.29, 0.717) is 17.9 Å². The third-order valence-corrected chi connectivity index (χ3v) is 5.62. The highest BCUT2D eigenvalue weighted by molar-refractivity contribution is 6.46. The van der Waals surface area contributed by atoms with E-state index in [1.54, 1.807) is 48.8 Å². The normalized spacial score (nSPS) is 17.4. The molecule has 1 aromatic heterocycles. The zero-order valence-corrected chi connectivity index (χ0v) is 18.7. The van der Waals surface area contributed by atoms with Crippen LogP contribution in [0.1, 0.15) is 41.6 Å². The molecule has 0 saturated carbocycles. The minimum atomic E-state index is -0.709. The van der Waals surface area contributed by atoms with Crippen LogP contribution < -0.4 is 4.74 Å². The minimum absolute atomic E-state index is 0.0746. The van der Waals surface area contributed by atoms with Crippen LogP contribution in [0, 0.1) is 6.92 Å². The number of hydrogen-bond acceptors (Lipinski definition) is 5. The van der Waals surface area contributed by atoms with Gasteiger partial charge in [0.2, 0.25) is 0 Å². The number of ether oxygens (including phenoxy) is 1. The van der Waals surface area contributed by atoms with Gasteiger partial charge in [-0.15, -0.1) is 0 Å². The zero-order valence-electron chi connectivity index (χ0n) is 18.7. The van der Waals surface area contributed by atoms with Crippen LogP contribution in [0.15, 0.2) is 78.6 Å². The lowest BCUT2D eigenvalue weighted by Gasteiger charge is -2.25. The van der Waals surface area contributed by atoms with Crippen molar-refractivity contribution in [2.45, 2.75) is 32.9 Å². The van der Waals surface area contributed by atoms with Gasteiger partial charge in [0, 0.05) is 24.5 Å². The Balaban J connectivity index is 1.81. The number of aryl methyl sites for hydroxylation is 1. The van der Waals surface area contributed by atoms with Crippen LogP contribution in [-0.2, 0) is 16.1 Å². The molecule has 33 heavy (non-hydrogen) atoms. The van der Waals surface area contributed by atoms with E-state index in [-0.39, 0.29) is 17.9 Å². The molecule has 1 atom stereocenters. The highest BCUT2D eigenvalue weighted by Crippen LogP contribution is 2.40. The molecular weight excluding hydrogens is 416 g/mol. The predicted octanol–water partition coefficient (Wildman–Crippen LogP) is 4.80. The van der Waals surface area contributed by atoms with E-state index in [2.05, 4.69) is 4.98 Å². The van der Waals surface area contributed by atoms with Gasteiger partial charge in [-0.3, -0.25) is 14.6 Å². The van der Waals surface area contributed by atoms with Crippen molar-refractivity contribution in [3.05, 3.63) is 101 Å². The second-order valence-electron chi connectivity index (χ2n) is 8.07. The molecule has 4 rings (SSSR count). The number of aliphatic hydroxyl groups excluding tert-OH is 1. The molecule has 0 aliphatic carbocycles. The van der Waals surface area contributed by atoms with E-state index >= 15 is 0 Å². The van der Waals surface area contributed by atoms with Crippen molar-refractivity contribution >= 4 is 17.4 Å². The summed E-state index contributed by atoms with van der Waals surface area (Å²) in [7, 11) is 0. The van der Waals surface area contributed by atoms with Crippen LogP contribution in [0.3, 0.4) is 0 Å². The number of benzene rings is 2. The van der Waals surface area contributed by atoms with Crippen molar-refractivity contribution in [3.8, 4) is 5.75 Å². The Morgan fingerprint density at radius 2 is 1.79 bits per heavy atom. The number of carbonyl (C=O) groups is 2. The number of aromatic nitrogens is 1. The van der Waals surface area contributed by atoms with Crippen molar-refractivity contribution < 1.29 is 19.4 Å². The first-order valence-electron chi connectivity index (χ1n) is 11.0. The van der Waals surface area contributed by atoms with E-state index in [9.17, 15) is 14.7 Å². The van der Waals surface area contributed by atoms with Gasteiger partial charge in [-0.25, -0.2) is 0 Å². The van der Waals surface area contributed by atoms with Crippen LogP contribution in [-0.4, -0.2) is 33.3 Å². The smallest absolute Gasteiger partial charge is 0.295 e. The molecule has 6 nitrogen and oxygen atoms in total. The highest BCUT2D eigenvalue weighted by Gasteiger charge is 2.46. The van der Waals surface area contributed by atoms with E-state index in [4.69, 9.17) is 4.74 Å². The molecule has 2 heterocycles. The molecule has 0 spiro atoms. The molecule has 6 heteroatoms. The highest BCUT2D eigenvalue weighted by atomic mass is 16.5. The van der Waals surface area contributed by atoms with Crippen LogP contribution in [0.5, 0.6) is 5.75 Å². The minimum Gasteiger partial charge on any atom is -0.507 e. The van der Waals surface area contributed by atoms with Gasteiger partial charge >= 0.3 is 0 Å². The Morgan fingerprint density at radius 3 is 2.48 bits per heavy atom. The summed E-state index contributed by atoms with van der Waals surface area (Å²) in [5, 5.41) is 11.2. The fraction of sp³-hybridized carbons (Fsp3) is 0.222. The van der Waals surface area contributed by atoms with E-state index in [1.165, 1.54) is 4.90 Å². The molecule has 2 aromatic carbocycles. The zero-order chi connectivity index (χ0) is 23.4. The summed E-state index contributed by atoms with van der Waals surface area (Å²) < 4.78 is 5.68. The van der Waals surface area contributed by atoms with Gasteiger partial charge in [-0.2, -0.15) is 0 Å². The summed E-state index contributed by atoms with van der Waals surface area (Å²) in [6.07, 6.45) is 4.15. The van der Waals surface area contributed by atoms with E-state index in [1.807, 2.05) is 38.1 Å². The lowest BCUT2D eigenvalue weighted by atomic mass is 9.94.